The molecule has 0 aliphatic carbocycles. The molecule has 0 aromatic heterocycles. The quantitative estimate of drug-likeness (QED) is 0.665. The molecule has 1 unspecified atom stereocenters. The molecule has 21 heavy (non-hydrogen) atoms. The predicted molar refractivity (Wildman–Crippen MR) is 76.3 cm³/mol. The summed E-state index contributed by atoms with van der Waals surface area (Å²) in [6.07, 6.45) is 0.290. The highest BCUT2D eigenvalue weighted by atomic mass is 35.5. The van der Waals surface area contributed by atoms with Gasteiger partial charge >= 0.3 is 0 Å². The van der Waals surface area contributed by atoms with Crippen LogP contribution in [0.15, 0.2) is 30.3 Å². The maximum atomic E-state index is 13.9. The van der Waals surface area contributed by atoms with Crippen LogP contribution >= 0.6 is 11.6 Å². The summed E-state index contributed by atoms with van der Waals surface area (Å²) < 4.78 is 40.3. The van der Waals surface area contributed by atoms with Crippen LogP contribution in [0.5, 0.6) is 0 Å². The van der Waals surface area contributed by atoms with Gasteiger partial charge in [0.1, 0.15) is 17.5 Å². The van der Waals surface area contributed by atoms with Gasteiger partial charge in [0.25, 0.3) is 0 Å². The maximum Gasteiger partial charge on any atom is 0.141 e. The van der Waals surface area contributed by atoms with Gasteiger partial charge in [0, 0.05) is 11.6 Å². The first-order chi connectivity index (χ1) is 9.92. The average Bonchev–Trinajstić information content (AvgIpc) is 2.44. The molecule has 6 heteroatoms. The first-order valence-electron chi connectivity index (χ1n) is 6.28. The second-order valence-corrected chi connectivity index (χ2v) is 5.20. The molecule has 112 valence electrons. The summed E-state index contributed by atoms with van der Waals surface area (Å²) in [6, 6.07) is 5.88. The van der Waals surface area contributed by atoms with Crippen LogP contribution in [-0.4, -0.2) is 0 Å². The summed E-state index contributed by atoms with van der Waals surface area (Å²) in [7, 11) is 0. The molecule has 0 radical (unpaired) electrons. The van der Waals surface area contributed by atoms with Crippen molar-refractivity contribution < 1.29 is 13.2 Å². The molecule has 0 heterocycles. The molecule has 0 amide bonds. The molecule has 0 bridgehead atoms. The smallest absolute Gasteiger partial charge is 0.141 e. The molecular formula is C15H14ClF3N2. The Balaban J connectivity index is 2.31. The third-order valence-corrected chi connectivity index (χ3v) is 3.57. The van der Waals surface area contributed by atoms with Crippen LogP contribution in [-0.2, 0) is 6.42 Å². The highest BCUT2D eigenvalue weighted by molar-refractivity contribution is 6.30. The Bertz CT molecular complexity index is 662. The maximum absolute atomic E-state index is 13.9. The van der Waals surface area contributed by atoms with Crippen LogP contribution in [0.4, 0.5) is 13.2 Å². The third-order valence-electron chi connectivity index (χ3n) is 3.28. The molecule has 0 saturated carbocycles. The van der Waals surface area contributed by atoms with Crippen molar-refractivity contribution in [1.29, 1.82) is 0 Å². The topological polar surface area (TPSA) is 38.0 Å². The Kier molecular flexibility index (Phi) is 4.88. The summed E-state index contributed by atoms with van der Waals surface area (Å²) >= 11 is 5.71. The first kappa shape index (κ1) is 15.8. The van der Waals surface area contributed by atoms with Crippen molar-refractivity contribution in [3.63, 3.8) is 0 Å². The zero-order chi connectivity index (χ0) is 15.6. The zero-order valence-corrected chi connectivity index (χ0v) is 12.0. The Morgan fingerprint density at radius 2 is 1.81 bits per heavy atom. The summed E-state index contributed by atoms with van der Waals surface area (Å²) in [4.78, 5) is 0. The Labute approximate surface area is 125 Å². The van der Waals surface area contributed by atoms with Crippen LogP contribution in [0.25, 0.3) is 0 Å². The van der Waals surface area contributed by atoms with Gasteiger partial charge in [0.2, 0.25) is 0 Å². The van der Waals surface area contributed by atoms with Crippen LogP contribution in [0.2, 0.25) is 5.02 Å². The number of hydrogen-bond acceptors (Lipinski definition) is 2. The van der Waals surface area contributed by atoms with Gasteiger partial charge in [0.15, 0.2) is 0 Å². The van der Waals surface area contributed by atoms with E-state index in [-0.39, 0.29) is 10.6 Å². The molecule has 2 aromatic rings. The molecule has 0 aliphatic rings. The van der Waals surface area contributed by atoms with E-state index in [4.69, 9.17) is 17.4 Å². The van der Waals surface area contributed by atoms with E-state index in [0.29, 0.717) is 17.5 Å². The van der Waals surface area contributed by atoms with E-state index in [9.17, 15) is 13.2 Å². The van der Waals surface area contributed by atoms with E-state index in [1.54, 1.807) is 13.0 Å². The van der Waals surface area contributed by atoms with E-state index in [0.717, 1.165) is 6.07 Å². The van der Waals surface area contributed by atoms with Gasteiger partial charge in [-0.25, -0.2) is 13.2 Å². The second-order valence-electron chi connectivity index (χ2n) is 4.79. The lowest BCUT2D eigenvalue weighted by atomic mass is 9.97. The number of benzene rings is 2. The molecule has 1 atom stereocenters. The van der Waals surface area contributed by atoms with Crippen molar-refractivity contribution >= 4 is 11.6 Å². The largest absolute Gasteiger partial charge is 0.271 e. The molecule has 0 fully saturated rings. The van der Waals surface area contributed by atoms with E-state index >= 15 is 0 Å². The summed E-state index contributed by atoms with van der Waals surface area (Å²) in [5.74, 6) is 3.63. The van der Waals surface area contributed by atoms with Crippen molar-refractivity contribution in [1.82, 2.24) is 5.43 Å². The van der Waals surface area contributed by atoms with Gasteiger partial charge in [0.05, 0.1) is 11.1 Å². The standard InChI is InChI=1S/C15H14ClF3N2/c1-8-4-10(14(19)7-13(8)18)15(21-20)6-9-2-3-12(17)11(16)5-9/h2-5,7,15,21H,6,20H2,1H3. The predicted octanol–water partition coefficient (Wildman–Crippen LogP) is 3.81. The number of hydrogen-bond donors (Lipinski definition) is 2. The zero-order valence-electron chi connectivity index (χ0n) is 11.3. The fourth-order valence-electron chi connectivity index (χ4n) is 2.11. The minimum absolute atomic E-state index is 0.0148. The number of aryl methyl sites for hydroxylation is 1. The second kappa shape index (κ2) is 6.47. The lowest BCUT2D eigenvalue weighted by Crippen LogP contribution is -2.30. The Morgan fingerprint density at radius 1 is 1.10 bits per heavy atom. The SMILES string of the molecule is Cc1cc(C(Cc2ccc(F)c(Cl)c2)NN)c(F)cc1F. The number of nitrogens with one attached hydrogen (secondary N) is 1. The highest BCUT2D eigenvalue weighted by Gasteiger charge is 2.17. The number of nitrogens with two attached hydrogens (primary N) is 1. The minimum atomic E-state index is -0.686. The first-order valence-corrected chi connectivity index (χ1v) is 6.65. The van der Waals surface area contributed by atoms with Crippen LogP contribution in [0, 0.1) is 24.4 Å². The van der Waals surface area contributed by atoms with Gasteiger partial charge in [-0.1, -0.05) is 17.7 Å². The molecular weight excluding hydrogens is 301 g/mol. The molecule has 3 N–H and O–H groups in total. The number of rotatable bonds is 4. The van der Waals surface area contributed by atoms with Gasteiger partial charge in [-0.2, -0.15) is 0 Å². The molecule has 2 rings (SSSR count). The number of halogens is 4. The van der Waals surface area contributed by atoms with Crippen molar-refractivity contribution in [3.05, 3.63) is 69.5 Å². The lowest BCUT2D eigenvalue weighted by molar-refractivity contribution is 0.500. The van der Waals surface area contributed by atoms with Crippen LogP contribution in [0.1, 0.15) is 22.7 Å². The summed E-state index contributed by atoms with van der Waals surface area (Å²) in [5, 5.41) is -0.0148. The average molecular weight is 315 g/mol. The normalized spacial score (nSPS) is 12.5. The Hall–Kier alpha value is -1.56. The molecule has 0 spiro atoms. The van der Waals surface area contributed by atoms with E-state index in [2.05, 4.69) is 5.43 Å². The van der Waals surface area contributed by atoms with Crippen molar-refractivity contribution in [2.75, 3.05) is 0 Å². The highest BCUT2D eigenvalue weighted by Crippen LogP contribution is 2.25. The lowest BCUT2D eigenvalue weighted by Gasteiger charge is -2.18. The van der Waals surface area contributed by atoms with Crippen molar-refractivity contribution in [2.24, 2.45) is 5.84 Å². The Morgan fingerprint density at radius 3 is 2.43 bits per heavy atom. The van der Waals surface area contributed by atoms with Crippen molar-refractivity contribution in [3.8, 4) is 0 Å². The third kappa shape index (κ3) is 3.56. The van der Waals surface area contributed by atoms with E-state index in [1.807, 2.05) is 0 Å². The summed E-state index contributed by atoms with van der Waals surface area (Å²) in [5.41, 5.74) is 3.75. The molecule has 0 saturated heterocycles. The van der Waals surface area contributed by atoms with Gasteiger partial charge < -0.3 is 0 Å². The fraction of sp³-hybridized carbons (Fsp3) is 0.200. The van der Waals surface area contributed by atoms with Crippen LogP contribution in [0.3, 0.4) is 0 Å². The number of hydrazine groups is 1. The molecule has 0 aliphatic heterocycles. The summed E-state index contributed by atoms with van der Waals surface area (Å²) in [6.45, 7) is 1.54. The molecule has 2 aromatic carbocycles. The van der Waals surface area contributed by atoms with Gasteiger partial charge in [-0.05, 0) is 42.7 Å². The van der Waals surface area contributed by atoms with Crippen molar-refractivity contribution in [2.45, 2.75) is 19.4 Å². The minimum Gasteiger partial charge on any atom is -0.271 e. The van der Waals surface area contributed by atoms with Gasteiger partial charge in [-0.15, -0.1) is 0 Å². The van der Waals surface area contributed by atoms with E-state index < -0.39 is 23.5 Å². The monoisotopic (exact) mass is 314 g/mol. The van der Waals surface area contributed by atoms with E-state index in [1.165, 1.54) is 18.2 Å². The van der Waals surface area contributed by atoms with Crippen LogP contribution < -0.4 is 11.3 Å². The van der Waals surface area contributed by atoms with Gasteiger partial charge in [-0.3, -0.25) is 11.3 Å². The fourth-order valence-corrected chi connectivity index (χ4v) is 2.31. The molecule has 2 nitrogen and oxygen atoms in total.